The van der Waals surface area contributed by atoms with E-state index in [2.05, 4.69) is 31.3 Å². The van der Waals surface area contributed by atoms with Crippen molar-refractivity contribution in [3.05, 3.63) is 24.3 Å². The Bertz CT molecular complexity index is 735. The lowest BCUT2D eigenvalue weighted by Gasteiger charge is -2.21. The second-order valence-electron chi connectivity index (χ2n) is 11.4. The number of allylic oxidation sites excluding steroid dienone is 3. The van der Waals surface area contributed by atoms with Crippen LogP contribution in [-0.4, -0.2) is 41.9 Å². The summed E-state index contributed by atoms with van der Waals surface area (Å²) in [5.41, 5.74) is 0. The zero-order valence-electron chi connectivity index (χ0n) is 26.0. The van der Waals surface area contributed by atoms with Gasteiger partial charge in [-0.1, -0.05) is 154 Å². The number of amides is 1. The van der Waals surface area contributed by atoms with Gasteiger partial charge in [0, 0.05) is 6.42 Å². The van der Waals surface area contributed by atoms with Gasteiger partial charge in [-0.3, -0.25) is 9.35 Å². The zero-order valence-corrected chi connectivity index (χ0v) is 26.8. The molecule has 3 N–H and O–H groups in total. The number of rotatable bonds is 29. The number of aliphatic hydroxyl groups excluding tert-OH is 1. The Labute approximate surface area is 247 Å². The minimum absolute atomic E-state index is 0.291. The van der Waals surface area contributed by atoms with Crippen molar-refractivity contribution in [2.75, 3.05) is 5.75 Å². The van der Waals surface area contributed by atoms with Crippen LogP contribution < -0.4 is 5.32 Å². The van der Waals surface area contributed by atoms with Crippen molar-refractivity contribution in [2.24, 2.45) is 0 Å². The van der Waals surface area contributed by atoms with Crippen LogP contribution in [0.15, 0.2) is 24.3 Å². The van der Waals surface area contributed by atoms with Crippen LogP contribution in [0.3, 0.4) is 0 Å². The van der Waals surface area contributed by atoms with Gasteiger partial charge in [-0.05, 0) is 25.7 Å². The zero-order chi connectivity index (χ0) is 29.7. The van der Waals surface area contributed by atoms with E-state index in [0.29, 0.717) is 12.8 Å². The van der Waals surface area contributed by atoms with Crippen molar-refractivity contribution in [3.8, 4) is 0 Å². The molecule has 0 aromatic carbocycles. The highest BCUT2D eigenvalue weighted by Gasteiger charge is 2.24. The topological polar surface area (TPSA) is 104 Å². The standard InChI is InChI=1S/C33H63NO5S/c1-3-5-7-9-11-12-13-14-15-16-17-18-19-20-21-23-25-27-29-33(36)34-31(30-40(37,38)39)32(35)28-26-24-22-10-8-6-4-2/h8,10,26,28,31-32,35H,3-7,9,11-25,27,29-30H2,1-2H3,(H,34,36)(H,37,38,39)/b10-8+,28-26+. The fraction of sp³-hybridized carbons (Fsp3) is 0.848. The molecule has 40 heavy (non-hydrogen) atoms. The molecule has 0 rings (SSSR count). The molecule has 6 nitrogen and oxygen atoms in total. The summed E-state index contributed by atoms with van der Waals surface area (Å²) in [7, 11) is -4.33. The summed E-state index contributed by atoms with van der Waals surface area (Å²) in [4.78, 5) is 12.4. The molecule has 7 heteroatoms. The molecular weight excluding hydrogens is 522 g/mol. The van der Waals surface area contributed by atoms with Gasteiger partial charge in [0.05, 0.1) is 17.9 Å². The second-order valence-corrected chi connectivity index (χ2v) is 12.9. The van der Waals surface area contributed by atoms with Crippen LogP contribution in [-0.2, 0) is 14.9 Å². The molecule has 2 atom stereocenters. The van der Waals surface area contributed by atoms with Crippen molar-refractivity contribution >= 4 is 16.0 Å². The third-order valence-electron chi connectivity index (χ3n) is 7.36. The minimum Gasteiger partial charge on any atom is -0.387 e. The Morgan fingerprint density at radius 1 is 0.650 bits per heavy atom. The number of carbonyl (C=O) groups excluding carboxylic acids is 1. The molecule has 236 valence electrons. The predicted molar refractivity (Wildman–Crippen MR) is 170 cm³/mol. The first-order valence-corrected chi connectivity index (χ1v) is 18.1. The van der Waals surface area contributed by atoms with E-state index in [-0.39, 0.29) is 5.91 Å². The summed E-state index contributed by atoms with van der Waals surface area (Å²) in [5.74, 6) is -1.00. The average molecular weight is 586 g/mol. The normalized spacial score (nSPS) is 13.8. The van der Waals surface area contributed by atoms with Crippen LogP contribution >= 0.6 is 0 Å². The summed E-state index contributed by atoms with van der Waals surface area (Å²) in [6, 6.07) is -1.06. The first kappa shape index (κ1) is 38.8. The van der Waals surface area contributed by atoms with Crippen molar-refractivity contribution in [1.29, 1.82) is 0 Å². The van der Waals surface area contributed by atoms with Crippen LogP contribution in [0, 0.1) is 0 Å². The summed E-state index contributed by atoms with van der Waals surface area (Å²) in [6.45, 7) is 4.38. The minimum atomic E-state index is -4.33. The van der Waals surface area contributed by atoms with E-state index in [0.717, 1.165) is 38.5 Å². The van der Waals surface area contributed by atoms with Crippen molar-refractivity contribution < 1.29 is 22.9 Å². The Kier molecular flexibility index (Phi) is 27.1. The van der Waals surface area contributed by atoms with E-state index in [1.165, 1.54) is 102 Å². The van der Waals surface area contributed by atoms with Gasteiger partial charge in [-0.25, -0.2) is 0 Å². The third kappa shape index (κ3) is 28.4. The Morgan fingerprint density at radius 3 is 1.52 bits per heavy atom. The Morgan fingerprint density at radius 2 is 1.07 bits per heavy atom. The molecule has 0 aromatic rings. The maximum absolute atomic E-state index is 12.4. The number of unbranched alkanes of at least 4 members (excludes halogenated alkanes) is 19. The van der Waals surface area contributed by atoms with Gasteiger partial charge in [-0.2, -0.15) is 8.42 Å². The van der Waals surface area contributed by atoms with E-state index >= 15 is 0 Å². The number of hydrogen-bond donors (Lipinski definition) is 3. The number of aliphatic hydroxyl groups is 1. The van der Waals surface area contributed by atoms with Gasteiger partial charge in [0.25, 0.3) is 10.1 Å². The molecule has 0 aliphatic rings. The largest absolute Gasteiger partial charge is 0.387 e. The highest BCUT2D eigenvalue weighted by molar-refractivity contribution is 7.85. The fourth-order valence-electron chi connectivity index (χ4n) is 4.88. The van der Waals surface area contributed by atoms with Crippen molar-refractivity contribution in [2.45, 2.75) is 174 Å². The molecule has 1 amide bonds. The molecule has 0 saturated heterocycles. The molecule has 0 aliphatic carbocycles. The lowest BCUT2D eigenvalue weighted by atomic mass is 10.0. The fourth-order valence-corrected chi connectivity index (χ4v) is 5.62. The van der Waals surface area contributed by atoms with Gasteiger partial charge >= 0.3 is 0 Å². The molecular formula is C33H63NO5S. The van der Waals surface area contributed by atoms with E-state index < -0.39 is 28.0 Å². The van der Waals surface area contributed by atoms with E-state index in [4.69, 9.17) is 0 Å². The van der Waals surface area contributed by atoms with Crippen molar-refractivity contribution in [1.82, 2.24) is 5.32 Å². The van der Waals surface area contributed by atoms with E-state index in [1.54, 1.807) is 6.08 Å². The number of nitrogens with one attached hydrogen (secondary N) is 1. The maximum Gasteiger partial charge on any atom is 0.267 e. The van der Waals surface area contributed by atoms with Crippen molar-refractivity contribution in [3.63, 3.8) is 0 Å². The Balaban J connectivity index is 3.87. The molecule has 0 aliphatic heterocycles. The molecule has 0 radical (unpaired) electrons. The van der Waals surface area contributed by atoms with Gasteiger partial charge in [0.2, 0.25) is 5.91 Å². The Hall–Kier alpha value is -1.18. The molecule has 0 heterocycles. The van der Waals surface area contributed by atoms with E-state index in [1.807, 2.05) is 0 Å². The van der Waals surface area contributed by atoms with Crippen LogP contribution in [0.4, 0.5) is 0 Å². The summed E-state index contributed by atoms with van der Waals surface area (Å²) in [5, 5.41) is 13.0. The lowest BCUT2D eigenvalue weighted by Crippen LogP contribution is -2.46. The quantitative estimate of drug-likeness (QED) is 0.0462. The van der Waals surface area contributed by atoms with Crippen LogP contribution in [0.5, 0.6) is 0 Å². The van der Waals surface area contributed by atoms with Gasteiger partial charge < -0.3 is 10.4 Å². The van der Waals surface area contributed by atoms with Crippen LogP contribution in [0.1, 0.15) is 162 Å². The second kappa shape index (κ2) is 28.0. The summed E-state index contributed by atoms with van der Waals surface area (Å²) >= 11 is 0. The highest BCUT2D eigenvalue weighted by atomic mass is 32.2. The average Bonchev–Trinajstić information content (AvgIpc) is 2.90. The first-order valence-electron chi connectivity index (χ1n) is 16.5. The van der Waals surface area contributed by atoms with Gasteiger partial charge in [0.15, 0.2) is 0 Å². The monoisotopic (exact) mass is 585 g/mol. The third-order valence-corrected chi connectivity index (χ3v) is 8.14. The predicted octanol–water partition coefficient (Wildman–Crippen LogP) is 8.84. The molecule has 0 spiro atoms. The molecule has 0 aromatic heterocycles. The van der Waals surface area contributed by atoms with Gasteiger partial charge in [0.1, 0.15) is 0 Å². The lowest BCUT2D eigenvalue weighted by molar-refractivity contribution is -0.122. The highest BCUT2D eigenvalue weighted by Crippen LogP contribution is 2.15. The van der Waals surface area contributed by atoms with Crippen LogP contribution in [0.2, 0.25) is 0 Å². The molecule has 0 fully saturated rings. The molecule has 0 bridgehead atoms. The smallest absolute Gasteiger partial charge is 0.267 e. The number of carbonyl (C=O) groups is 1. The summed E-state index contributed by atoms with van der Waals surface area (Å²) in [6.07, 6.45) is 33.3. The van der Waals surface area contributed by atoms with Gasteiger partial charge in [-0.15, -0.1) is 0 Å². The summed E-state index contributed by atoms with van der Waals surface area (Å²) < 4.78 is 32.1. The van der Waals surface area contributed by atoms with E-state index in [9.17, 15) is 22.9 Å². The maximum atomic E-state index is 12.4. The first-order chi connectivity index (χ1) is 19.3. The number of hydrogen-bond acceptors (Lipinski definition) is 4. The van der Waals surface area contributed by atoms with Crippen LogP contribution in [0.25, 0.3) is 0 Å². The molecule has 2 unspecified atom stereocenters. The SMILES string of the molecule is CCC/C=C/CC/C=C/C(O)C(CS(=O)(=O)O)NC(=O)CCCCCCCCCCCCCCCCCCCC. The molecule has 0 saturated carbocycles.